The number of rotatable bonds is 3. The Labute approximate surface area is 50.2 Å². The van der Waals surface area contributed by atoms with Crippen LogP contribution < -0.4 is 0 Å². The second kappa shape index (κ2) is 3.87. The van der Waals surface area contributed by atoms with Crippen LogP contribution in [0.15, 0.2) is 0 Å². The maximum absolute atomic E-state index is 8.53. The van der Waals surface area contributed by atoms with Crippen LogP contribution in [-0.2, 0) is 0 Å². The Hall–Kier alpha value is -0.0800. The van der Waals surface area contributed by atoms with Crippen molar-refractivity contribution < 1.29 is 10.2 Å². The van der Waals surface area contributed by atoms with E-state index >= 15 is 0 Å². The Bertz CT molecular complexity index is 46.5. The molecule has 0 amide bonds. The Kier molecular flexibility index (Phi) is 3.83. The summed E-state index contributed by atoms with van der Waals surface area (Å²) in [6.45, 7) is 4.17. The SMILES string of the molecule is C[C@H](CO)[C@H](C)CO. The van der Waals surface area contributed by atoms with Crippen molar-refractivity contribution in [2.24, 2.45) is 11.8 Å². The zero-order valence-electron chi connectivity index (χ0n) is 5.46. The van der Waals surface area contributed by atoms with Crippen LogP contribution in [0.2, 0.25) is 0 Å². The molecule has 0 fully saturated rings. The standard InChI is InChI=1S/C6H14O2/c1-5(3-7)6(2)4-8/h5-8H,3-4H2,1-2H3/t5-,6-/m1/s1. The molecule has 2 heteroatoms. The summed E-state index contributed by atoms with van der Waals surface area (Å²) in [6, 6.07) is 0. The fourth-order valence-corrected chi connectivity index (χ4v) is 0.360. The van der Waals surface area contributed by atoms with Crippen molar-refractivity contribution in [2.75, 3.05) is 13.2 Å². The highest BCUT2D eigenvalue weighted by atomic mass is 16.3. The molecule has 0 bridgehead atoms. The summed E-state index contributed by atoms with van der Waals surface area (Å²) in [5.41, 5.74) is 0. The Morgan fingerprint density at radius 2 is 1.25 bits per heavy atom. The number of hydrogen-bond donors (Lipinski definition) is 2. The van der Waals surface area contributed by atoms with Gasteiger partial charge < -0.3 is 10.2 Å². The molecule has 0 aromatic carbocycles. The largest absolute Gasteiger partial charge is 0.396 e. The fraction of sp³-hybridized carbons (Fsp3) is 1.00. The molecule has 0 heterocycles. The van der Waals surface area contributed by atoms with E-state index in [0.29, 0.717) is 0 Å². The summed E-state index contributed by atoms with van der Waals surface area (Å²) >= 11 is 0. The molecule has 2 atom stereocenters. The van der Waals surface area contributed by atoms with Crippen molar-refractivity contribution in [3.63, 3.8) is 0 Å². The minimum atomic E-state index is 0.168. The molecular formula is C6H14O2. The third-order valence-electron chi connectivity index (χ3n) is 1.55. The normalized spacial score (nSPS) is 18.0. The van der Waals surface area contributed by atoms with E-state index in [0.717, 1.165) is 0 Å². The van der Waals surface area contributed by atoms with Gasteiger partial charge in [-0.15, -0.1) is 0 Å². The Balaban J connectivity index is 3.29. The van der Waals surface area contributed by atoms with Gasteiger partial charge in [0.25, 0.3) is 0 Å². The molecule has 2 nitrogen and oxygen atoms in total. The van der Waals surface area contributed by atoms with Crippen molar-refractivity contribution in [2.45, 2.75) is 13.8 Å². The van der Waals surface area contributed by atoms with Crippen LogP contribution in [0.3, 0.4) is 0 Å². The van der Waals surface area contributed by atoms with E-state index < -0.39 is 0 Å². The van der Waals surface area contributed by atoms with Crippen LogP contribution in [-0.4, -0.2) is 23.4 Å². The van der Waals surface area contributed by atoms with E-state index in [4.69, 9.17) is 10.2 Å². The summed E-state index contributed by atoms with van der Waals surface area (Å²) in [4.78, 5) is 0. The van der Waals surface area contributed by atoms with Crippen LogP contribution >= 0.6 is 0 Å². The fourth-order valence-electron chi connectivity index (χ4n) is 0.360. The third kappa shape index (κ3) is 2.28. The maximum Gasteiger partial charge on any atom is 0.0460 e. The number of aliphatic hydroxyl groups is 2. The lowest BCUT2D eigenvalue weighted by Gasteiger charge is -2.13. The molecule has 0 unspecified atom stereocenters. The van der Waals surface area contributed by atoms with Crippen LogP contribution in [0.5, 0.6) is 0 Å². The van der Waals surface area contributed by atoms with Crippen LogP contribution in [0.4, 0.5) is 0 Å². The molecule has 50 valence electrons. The average molecular weight is 118 g/mol. The predicted molar refractivity (Wildman–Crippen MR) is 32.5 cm³/mol. The summed E-state index contributed by atoms with van der Waals surface area (Å²) in [5.74, 6) is 0.444. The zero-order chi connectivity index (χ0) is 6.57. The van der Waals surface area contributed by atoms with E-state index in [9.17, 15) is 0 Å². The van der Waals surface area contributed by atoms with Crippen molar-refractivity contribution in [1.29, 1.82) is 0 Å². The highest BCUT2D eigenvalue weighted by Crippen LogP contribution is 2.07. The first kappa shape index (κ1) is 7.92. The minimum Gasteiger partial charge on any atom is -0.396 e. The monoisotopic (exact) mass is 118 g/mol. The molecule has 0 aliphatic heterocycles. The van der Waals surface area contributed by atoms with E-state index in [-0.39, 0.29) is 25.0 Å². The molecule has 0 rings (SSSR count). The molecule has 0 saturated heterocycles. The number of aliphatic hydroxyl groups excluding tert-OH is 2. The van der Waals surface area contributed by atoms with Gasteiger partial charge in [0.15, 0.2) is 0 Å². The van der Waals surface area contributed by atoms with Crippen molar-refractivity contribution in [1.82, 2.24) is 0 Å². The molecule has 0 aliphatic rings. The van der Waals surface area contributed by atoms with Gasteiger partial charge in [-0.25, -0.2) is 0 Å². The van der Waals surface area contributed by atoms with Crippen molar-refractivity contribution in [3.8, 4) is 0 Å². The Morgan fingerprint density at radius 3 is 1.38 bits per heavy atom. The summed E-state index contributed by atoms with van der Waals surface area (Å²) in [5, 5.41) is 17.1. The van der Waals surface area contributed by atoms with E-state index in [1.165, 1.54) is 0 Å². The second-order valence-electron chi connectivity index (χ2n) is 2.32. The third-order valence-corrected chi connectivity index (χ3v) is 1.55. The smallest absolute Gasteiger partial charge is 0.0460 e. The van der Waals surface area contributed by atoms with Gasteiger partial charge >= 0.3 is 0 Å². The summed E-state index contributed by atoms with van der Waals surface area (Å²) in [7, 11) is 0. The highest BCUT2D eigenvalue weighted by Gasteiger charge is 2.07. The molecule has 0 saturated carbocycles. The Morgan fingerprint density at radius 1 is 1.00 bits per heavy atom. The van der Waals surface area contributed by atoms with E-state index in [2.05, 4.69) is 0 Å². The predicted octanol–water partition coefficient (Wildman–Crippen LogP) is 0.243. The molecule has 0 aromatic rings. The quantitative estimate of drug-likeness (QED) is 0.557. The van der Waals surface area contributed by atoms with E-state index in [1.807, 2.05) is 13.8 Å². The molecule has 0 aromatic heterocycles. The second-order valence-corrected chi connectivity index (χ2v) is 2.32. The lowest BCUT2D eigenvalue weighted by Crippen LogP contribution is -2.15. The van der Waals surface area contributed by atoms with Gasteiger partial charge in [0.05, 0.1) is 0 Å². The highest BCUT2D eigenvalue weighted by molar-refractivity contribution is 4.57. The van der Waals surface area contributed by atoms with Gasteiger partial charge in [0, 0.05) is 13.2 Å². The number of hydrogen-bond acceptors (Lipinski definition) is 2. The maximum atomic E-state index is 8.53. The molecule has 8 heavy (non-hydrogen) atoms. The van der Waals surface area contributed by atoms with Crippen LogP contribution in [0.1, 0.15) is 13.8 Å². The summed E-state index contributed by atoms with van der Waals surface area (Å²) < 4.78 is 0. The minimum absolute atomic E-state index is 0.168. The summed E-state index contributed by atoms with van der Waals surface area (Å²) in [6.07, 6.45) is 0. The first-order chi connectivity index (χ1) is 3.72. The van der Waals surface area contributed by atoms with Gasteiger partial charge in [-0.1, -0.05) is 13.8 Å². The molecular weight excluding hydrogens is 104 g/mol. The lowest BCUT2D eigenvalue weighted by atomic mass is 9.98. The van der Waals surface area contributed by atoms with Crippen LogP contribution in [0, 0.1) is 11.8 Å². The van der Waals surface area contributed by atoms with E-state index in [1.54, 1.807) is 0 Å². The molecule has 0 spiro atoms. The molecule has 0 radical (unpaired) electrons. The molecule has 2 N–H and O–H groups in total. The first-order valence-corrected chi connectivity index (χ1v) is 2.94. The first-order valence-electron chi connectivity index (χ1n) is 2.94. The topological polar surface area (TPSA) is 40.5 Å². The molecule has 0 aliphatic carbocycles. The van der Waals surface area contributed by atoms with Gasteiger partial charge in [-0.3, -0.25) is 0 Å². The lowest BCUT2D eigenvalue weighted by molar-refractivity contribution is 0.141. The van der Waals surface area contributed by atoms with Crippen molar-refractivity contribution >= 4 is 0 Å². The van der Waals surface area contributed by atoms with Crippen molar-refractivity contribution in [3.05, 3.63) is 0 Å². The van der Waals surface area contributed by atoms with Crippen LogP contribution in [0.25, 0.3) is 0 Å². The van der Waals surface area contributed by atoms with Gasteiger partial charge in [0.1, 0.15) is 0 Å². The van der Waals surface area contributed by atoms with Gasteiger partial charge in [-0.05, 0) is 11.8 Å². The average Bonchev–Trinajstić information content (AvgIpc) is 1.84. The zero-order valence-corrected chi connectivity index (χ0v) is 5.46. The van der Waals surface area contributed by atoms with Gasteiger partial charge in [-0.2, -0.15) is 0 Å². The van der Waals surface area contributed by atoms with Gasteiger partial charge in [0.2, 0.25) is 0 Å².